The van der Waals surface area contributed by atoms with E-state index >= 15 is 0 Å². The van der Waals surface area contributed by atoms with E-state index < -0.39 is 5.97 Å². The monoisotopic (exact) mass is 201 g/mol. The van der Waals surface area contributed by atoms with Gasteiger partial charge in [0.15, 0.2) is 0 Å². The minimum atomic E-state index is -0.813. The molecule has 0 amide bonds. The number of nitrogens with zero attached hydrogens (tertiary/aromatic N) is 2. The molecule has 1 unspecified atom stereocenters. The molecule has 0 spiro atoms. The van der Waals surface area contributed by atoms with Crippen molar-refractivity contribution < 1.29 is 9.90 Å². The molecule has 1 fully saturated rings. The lowest BCUT2D eigenvalue weighted by Crippen LogP contribution is -2.48. The summed E-state index contributed by atoms with van der Waals surface area (Å²) in [6, 6.07) is -0.240. The van der Waals surface area contributed by atoms with Crippen LogP contribution in [0.1, 0.15) is 6.42 Å². The second-order valence-corrected chi connectivity index (χ2v) is 3.96. The molecule has 1 rings (SSSR count). The van der Waals surface area contributed by atoms with Gasteiger partial charge in [-0.25, -0.2) is 0 Å². The van der Waals surface area contributed by atoms with Crippen LogP contribution in [0.4, 0.5) is 0 Å². The number of hydrogen-bond donors (Lipinski definition) is 2. The van der Waals surface area contributed by atoms with Crippen LogP contribution in [0.2, 0.25) is 0 Å². The Morgan fingerprint density at radius 3 is 2.50 bits per heavy atom. The summed E-state index contributed by atoms with van der Waals surface area (Å²) < 4.78 is 0. The Bertz CT molecular complexity index is 190. The molecular weight excluding hydrogens is 182 g/mol. The van der Waals surface area contributed by atoms with Gasteiger partial charge in [0.1, 0.15) is 0 Å². The van der Waals surface area contributed by atoms with E-state index in [0.29, 0.717) is 6.54 Å². The quantitative estimate of drug-likeness (QED) is 0.613. The molecule has 0 bridgehead atoms. The highest BCUT2D eigenvalue weighted by Crippen LogP contribution is 2.01. The number of aliphatic carboxylic acids is 1. The first-order valence-electron chi connectivity index (χ1n) is 4.96. The Morgan fingerprint density at radius 2 is 2.00 bits per heavy atom. The Hall–Kier alpha value is -0.650. The number of piperazine rings is 1. The van der Waals surface area contributed by atoms with Crippen molar-refractivity contribution in [3.05, 3.63) is 0 Å². The van der Waals surface area contributed by atoms with E-state index in [1.54, 1.807) is 0 Å². The van der Waals surface area contributed by atoms with Crippen molar-refractivity contribution in [1.82, 2.24) is 9.80 Å². The molecule has 82 valence electrons. The van der Waals surface area contributed by atoms with Gasteiger partial charge in [-0.1, -0.05) is 0 Å². The zero-order valence-corrected chi connectivity index (χ0v) is 8.65. The standard InChI is InChI=1S/C9H19N3O2/c1-11-2-4-12(5-3-11)7-8(10)6-9(13)14/h8H,2-7,10H2,1H3,(H,13,14). The third kappa shape index (κ3) is 4.04. The van der Waals surface area contributed by atoms with Gasteiger partial charge in [0.2, 0.25) is 0 Å². The molecule has 3 N–H and O–H groups in total. The first-order chi connectivity index (χ1) is 6.58. The van der Waals surface area contributed by atoms with Gasteiger partial charge in [0.05, 0.1) is 6.42 Å². The Labute approximate surface area is 84.5 Å². The molecule has 14 heavy (non-hydrogen) atoms. The molecule has 0 saturated carbocycles. The number of carboxylic acid groups (broad SMARTS) is 1. The van der Waals surface area contributed by atoms with Gasteiger partial charge in [-0.3, -0.25) is 9.69 Å². The van der Waals surface area contributed by atoms with Crippen molar-refractivity contribution in [3.63, 3.8) is 0 Å². The first kappa shape index (κ1) is 11.4. The average molecular weight is 201 g/mol. The molecule has 5 heteroatoms. The maximum absolute atomic E-state index is 10.4. The fraction of sp³-hybridized carbons (Fsp3) is 0.889. The summed E-state index contributed by atoms with van der Waals surface area (Å²) in [5.74, 6) is -0.813. The van der Waals surface area contributed by atoms with E-state index in [9.17, 15) is 4.79 Å². The molecular formula is C9H19N3O2. The largest absolute Gasteiger partial charge is 0.481 e. The van der Waals surface area contributed by atoms with Crippen LogP contribution in [0.25, 0.3) is 0 Å². The van der Waals surface area contributed by atoms with Crippen LogP contribution in [0.5, 0.6) is 0 Å². The van der Waals surface area contributed by atoms with Gasteiger partial charge in [0.25, 0.3) is 0 Å². The SMILES string of the molecule is CN1CCN(CC(N)CC(=O)O)CC1. The third-order valence-corrected chi connectivity index (χ3v) is 2.53. The lowest BCUT2D eigenvalue weighted by atomic mass is 10.2. The summed E-state index contributed by atoms with van der Waals surface area (Å²) in [7, 11) is 2.09. The zero-order chi connectivity index (χ0) is 10.6. The number of rotatable bonds is 4. The molecule has 1 saturated heterocycles. The molecule has 1 heterocycles. The fourth-order valence-electron chi connectivity index (χ4n) is 1.65. The summed E-state index contributed by atoms with van der Waals surface area (Å²) in [6.45, 7) is 4.76. The highest BCUT2D eigenvalue weighted by Gasteiger charge is 2.17. The van der Waals surface area contributed by atoms with Crippen molar-refractivity contribution in [3.8, 4) is 0 Å². The normalized spacial score (nSPS) is 22.1. The van der Waals surface area contributed by atoms with E-state index in [0.717, 1.165) is 26.2 Å². The van der Waals surface area contributed by atoms with Crippen molar-refractivity contribution in [2.75, 3.05) is 39.8 Å². The summed E-state index contributed by atoms with van der Waals surface area (Å²) in [5, 5.41) is 8.55. The molecule has 0 radical (unpaired) electrons. The van der Waals surface area contributed by atoms with E-state index in [-0.39, 0.29) is 12.5 Å². The van der Waals surface area contributed by atoms with Gasteiger partial charge in [-0.15, -0.1) is 0 Å². The number of likely N-dealkylation sites (N-methyl/N-ethyl adjacent to an activating group) is 1. The van der Waals surface area contributed by atoms with E-state index in [1.165, 1.54) is 0 Å². The van der Waals surface area contributed by atoms with Crippen LogP contribution < -0.4 is 5.73 Å². The van der Waals surface area contributed by atoms with Crippen LogP contribution in [0, 0.1) is 0 Å². The first-order valence-corrected chi connectivity index (χ1v) is 4.96. The van der Waals surface area contributed by atoms with Gasteiger partial charge >= 0.3 is 5.97 Å². The van der Waals surface area contributed by atoms with Gasteiger partial charge in [-0.2, -0.15) is 0 Å². The van der Waals surface area contributed by atoms with Crippen LogP contribution in [-0.2, 0) is 4.79 Å². The van der Waals surface area contributed by atoms with Crippen LogP contribution in [-0.4, -0.2) is 66.7 Å². The number of carbonyl (C=O) groups is 1. The third-order valence-electron chi connectivity index (χ3n) is 2.53. The van der Waals surface area contributed by atoms with E-state index in [1.807, 2.05) is 0 Å². The Kier molecular flexibility index (Phi) is 4.31. The molecule has 0 aromatic carbocycles. The molecule has 0 aromatic rings. The van der Waals surface area contributed by atoms with Crippen LogP contribution in [0.15, 0.2) is 0 Å². The minimum Gasteiger partial charge on any atom is -0.481 e. The minimum absolute atomic E-state index is 0.0618. The fourth-order valence-corrected chi connectivity index (χ4v) is 1.65. The van der Waals surface area contributed by atoms with Gasteiger partial charge in [0, 0.05) is 38.8 Å². The lowest BCUT2D eigenvalue weighted by Gasteiger charge is -2.33. The number of nitrogens with two attached hydrogens (primary N) is 1. The van der Waals surface area contributed by atoms with E-state index in [2.05, 4.69) is 16.8 Å². The van der Waals surface area contributed by atoms with Crippen molar-refractivity contribution >= 4 is 5.97 Å². The number of carboxylic acids is 1. The Balaban J connectivity index is 2.20. The van der Waals surface area contributed by atoms with Gasteiger partial charge < -0.3 is 15.7 Å². The summed E-state index contributed by atoms with van der Waals surface area (Å²) in [6.07, 6.45) is 0.0618. The lowest BCUT2D eigenvalue weighted by molar-refractivity contribution is -0.137. The van der Waals surface area contributed by atoms with Crippen molar-refractivity contribution in [2.24, 2.45) is 5.73 Å². The molecule has 5 nitrogen and oxygen atoms in total. The van der Waals surface area contributed by atoms with Gasteiger partial charge in [-0.05, 0) is 7.05 Å². The molecule has 1 aliphatic rings. The van der Waals surface area contributed by atoms with Crippen LogP contribution >= 0.6 is 0 Å². The van der Waals surface area contributed by atoms with Crippen LogP contribution in [0.3, 0.4) is 0 Å². The average Bonchev–Trinajstić information content (AvgIpc) is 2.07. The van der Waals surface area contributed by atoms with Crippen molar-refractivity contribution in [2.45, 2.75) is 12.5 Å². The highest BCUT2D eigenvalue weighted by molar-refractivity contribution is 5.67. The smallest absolute Gasteiger partial charge is 0.304 e. The molecule has 0 aromatic heterocycles. The summed E-state index contributed by atoms with van der Waals surface area (Å²) >= 11 is 0. The van der Waals surface area contributed by atoms with Crippen molar-refractivity contribution in [1.29, 1.82) is 0 Å². The number of hydrogen-bond acceptors (Lipinski definition) is 4. The zero-order valence-electron chi connectivity index (χ0n) is 8.65. The highest BCUT2D eigenvalue weighted by atomic mass is 16.4. The summed E-state index contributed by atoms with van der Waals surface area (Å²) in [4.78, 5) is 14.9. The predicted molar refractivity (Wildman–Crippen MR) is 54.2 cm³/mol. The van der Waals surface area contributed by atoms with E-state index in [4.69, 9.17) is 10.8 Å². The molecule has 0 aliphatic carbocycles. The second kappa shape index (κ2) is 5.29. The molecule has 1 aliphatic heterocycles. The predicted octanol–water partition coefficient (Wildman–Crippen LogP) is -0.964. The topological polar surface area (TPSA) is 69.8 Å². The maximum atomic E-state index is 10.4. The summed E-state index contributed by atoms with van der Waals surface area (Å²) in [5.41, 5.74) is 5.70. The second-order valence-electron chi connectivity index (χ2n) is 3.96. The molecule has 1 atom stereocenters. The Morgan fingerprint density at radius 1 is 1.43 bits per heavy atom. The maximum Gasteiger partial charge on any atom is 0.304 e.